The normalized spacial score (nSPS) is 24.9. The van der Waals surface area contributed by atoms with E-state index in [0.29, 0.717) is 21.9 Å². The average Bonchev–Trinajstić information content (AvgIpc) is 2.46. The smallest absolute Gasteiger partial charge is 0.244 e. The van der Waals surface area contributed by atoms with Crippen molar-refractivity contribution >= 4 is 17.4 Å². The van der Waals surface area contributed by atoms with E-state index >= 15 is 0 Å². The van der Waals surface area contributed by atoms with Crippen molar-refractivity contribution in [2.75, 3.05) is 0 Å². The molecule has 1 aliphatic rings. The zero-order valence-corrected chi connectivity index (χ0v) is 11.6. The van der Waals surface area contributed by atoms with Gasteiger partial charge in [-0.25, -0.2) is 0 Å². The molecule has 0 saturated heterocycles. The third-order valence-electron chi connectivity index (χ3n) is 3.66. The van der Waals surface area contributed by atoms with E-state index in [0.717, 1.165) is 0 Å². The lowest BCUT2D eigenvalue weighted by Gasteiger charge is -2.38. The Balaban J connectivity index is 2.11. The monoisotopic (exact) mass is 288 g/mol. The van der Waals surface area contributed by atoms with Crippen LogP contribution in [0.5, 0.6) is 5.75 Å². The molecule has 2 aromatic carbocycles. The predicted molar refractivity (Wildman–Crippen MR) is 75.9 cm³/mol. The van der Waals surface area contributed by atoms with E-state index in [1.807, 2.05) is 0 Å². The van der Waals surface area contributed by atoms with Crippen molar-refractivity contribution < 1.29 is 14.6 Å². The minimum absolute atomic E-state index is 0.135. The number of para-hydroxylation sites is 1. The number of carbonyl (C=O) groups excluding carboxylic acids is 1. The topological polar surface area (TPSA) is 46.5 Å². The van der Waals surface area contributed by atoms with Crippen LogP contribution in [0, 0.1) is 5.92 Å². The molecule has 0 amide bonds. The van der Waals surface area contributed by atoms with E-state index in [9.17, 15) is 9.90 Å². The van der Waals surface area contributed by atoms with Gasteiger partial charge in [-0.3, -0.25) is 4.79 Å². The second-order valence-electron chi connectivity index (χ2n) is 4.89. The Morgan fingerprint density at radius 1 is 1.15 bits per heavy atom. The van der Waals surface area contributed by atoms with Crippen molar-refractivity contribution in [3.8, 4) is 5.75 Å². The van der Waals surface area contributed by atoms with Crippen LogP contribution in [0.15, 0.2) is 48.5 Å². The first-order valence-electron chi connectivity index (χ1n) is 6.33. The molecule has 0 fully saturated rings. The second-order valence-corrected chi connectivity index (χ2v) is 5.32. The van der Waals surface area contributed by atoms with Crippen molar-refractivity contribution in [3.05, 3.63) is 64.7 Å². The average molecular weight is 289 g/mol. The number of carbonyl (C=O) groups is 1. The highest BCUT2D eigenvalue weighted by Crippen LogP contribution is 2.41. The number of halogens is 1. The molecular weight excluding hydrogens is 276 g/mol. The molecule has 0 radical (unpaired) electrons. The van der Waals surface area contributed by atoms with E-state index in [2.05, 4.69) is 0 Å². The van der Waals surface area contributed by atoms with E-state index < -0.39 is 11.7 Å². The Kier molecular flexibility index (Phi) is 3.04. The van der Waals surface area contributed by atoms with Gasteiger partial charge in [0.05, 0.1) is 11.5 Å². The van der Waals surface area contributed by atoms with Crippen molar-refractivity contribution in [1.29, 1.82) is 0 Å². The zero-order valence-electron chi connectivity index (χ0n) is 10.8. The summed E-state index contributed by atoms with van der Waals surface area (Å²) in [5.41, 5.74) is 1.01. The lowest BCUT2D eigenvalue weighted by atomic mass is 9.84. The van der Waals surface area contributed by atoms with Gasteiger partial charge in [-0.2, -0.15) is 0 Å². The van der Waals surface area contributed by atoms with E-state index in [1.165, 1.54) is 0 Å². The number of hydrogen-bond donors (Lipinski definition) is 1. The van der Waals surface area contributed by atoms with Crippen LogP contribution in [0.1, 0.15) is 22.8 Å². The van der Waals surface area contributed by atoms with Crippen molar-refractivity contribution in [2.45, 2.75) is 12.7 Å². The fourth-order valence-electron chi connectivity index (χ4n) is 2.42. The summed E-state index contributed by atoms with van der Waals surface area (Å²) in [6.45, 7) is 1.66. The van der Waals surface area contributed by atoms with Crippen molar-refractivity contribution in [3.63, 3.8) is 0 Å². The first-order chi connectivity index (χ1) is 9.52. The van der Waals surface area contributed by atoms with Gasteiger partial charge in [0.2, 0.25) is 5.79 Å². The maximum absolute atomic E-state index is 12.4. The molecule has 1 N–H and O–H groups in total. The fourth-order valence-corrected chi connectivity index (χ4v) is 2.55. The Morgan fingerprint density at radius 2 is 1.80 bits per heavy atom. The van der Waals surface area contributed by atoms with Crippen LogP contribution in [0.4, 0.5) is 0 Å². The van der Waals surface area contributed by atoms with Gasteiger partial charge in [0.15, 0.2) is 5.78 Å². The summed E-state index contributed by atoms with van der Waals surface area (Å²) in [5.74, 6) is -2.10. The summed E-state index contributed by atoms with van der Waals surface area (Å²) < 4.78 is 5.72. The summed E-state index contributed by atoms with van der Waals surface area (Å²) >= 11 is 5.85. The van der Waals surface area contributed by atoms with Crippen LogP contribution < -0.4 is 4.74 Å². The van der Waals surface area contributed by atoms with Crippen LogP contribution in [-0.4, -0.2) is 10.9 Å². The number of rotatable bonds is 1. The molecular formula is C16H13ClO3. The quantitative estimate of drug-likeness (QED) is 0.875. The Hall–Kier alpha value is -1.84. The van der Waals surface area contributed by atoms with Gasteiger partial charge in [-0.1, -0.05) is 35.9 Å². The summed E-state index contributed by atoms with van der Waals surface area (Å²) in [7, 11) is 0. The van der Waals surface area contributed by atoms with Gasteiger partial charge in [0, 0.05) is 10.6 Å². The molecule has 3 rings (SSSR count). The molecule has 20 heavy (non-hydrogen) atoms. The Labute approximate surface area is 121 Å². The molecule has 1 aliphatic heterocycles. The van der Waals surface area contributed by atoms with Gasteiger partial charge in [0.1, 0.15) is 5.75 Å². The molecule has 0 bridgehead atoms. The minimum atomic E-state index is -1.67. The molecule has 0 saturated carbocycles. The lowest BCUT2D eigenvalue weighted by Crippen LogP contribution is -2.46. The lowest BCUT2D eigenvalue weighted by molar-refractivity contribution is -0.176. The summed E-state index contributed by atoms with van der Waals surface area (Å²) in [4.78, 5) is 12.4. The second kappa shape index (κ2) is 4.62. The maximum atomic E-state index is 12.4. The van der Waals surface area contributed by atoms with Crippen LogP contribution in [0.2, 0.25) is 5.02 Å². The third kappa shape index (κ3) is 1.90. The van der Waals surface area contributed by atoms with Crippen LogP contribution in [-0.2, 0) is 5.79 Å². The number of ether oxygens (including phenoxy) is 1. The molecule has 0 aliphatic carbocycles. The number of fused-ring (bicyclic) bond motifs is 1. The maximum Gasteiger partial charge on any atom is 0.244 e. The number of ketones is 1. The van der Waals surface area contributed by atoms with Crippen molar-refractivity contribution in [2.24, 2.45) is 5.92 Å². The van der Waals surface area contributed by atoms with E-state index in [-0.39, 0.29) is 5.78 Å². The van der Waals surface area contributed by atoms with E-state index in [1.54, 1.807) is 55.5 Å². The molecule has 4 heteroatoms. The van der Waals surface area contributed by atoms with Gasteiger partial charge in [-0.15, -0.1) is 0 Å². The highest BCUT2D eigenvalue weighted by Gasteiger charge is 2.47. The number of benzene rings is 2. The number of hydrogen-bond acceptors (Lipinski definition) is 3. The summed E-state index contributed by atoms with van der Waals surface area (Å²) in [6, 6.07) is 13.6. The summed E-state index contributed by atoms with van der Waals surface area (Å²) in [6.07, 6.45) is 0. The molecule has 0 unspecified atom stereocenters. The SMILES string of the molecule is C[C@@H]1C(=O)c2ccccc2O[C@@]1(O)c1ccc(Cl)cc1. The first kappa shape index (κ1) is 13.2. The number of Topliss-reactive ketones (excluding diaryl/α,β-unsaturated/α-hetero) is 1. The highest BCUT2D eigenvalue weighted by atomic mass is 35.5. The largest absolute Gasteiger partial charge is 0.457 e. The van der Waals surface area contributed by atoms with Gasteiger partial charge < -0.3 is 9.84 Å². The van der Waals surface area contributed by atoms with Crippen LogP contribution in [0.25, 0.3) is 0 Å². The molecule has 2 atom stereocenters. The molecule has 0 aromatic heterocycles. The van der Waals surface area contributed by atoms with Gasteiger partial charge in [-0.05, 0) is 31.2 Å². The Morgan fingerprint density at radius 3 is 2.50 bits per heavy atom. The van der Waals surface area contributed by atoms with Gasteiger partial charge in [0.25, 0.3) is 0 Å². The van der Waals surface area contributed by atoms with E-state index in [4.69, 9.17) is 16.3 Å². The molecule has 2 aromatic rings. The fraction of sp³-hybridized carbons (Fsp3) is 0.188. The molecule has 0 spiro atoms. The van der Waals surface area contributed by atoms with Crippen LogP contribution in [0.3, 0.4) is 0 Å². The van der Waals surface area contributed by atoms with Crippen molar-refractivity contribution in [1.82, 2.24) is 0 Å². The van der Waals surface area contributed by atoms with Crippen LogP contribution >= 0.6 is 11.6 Å². The zero-order chi connectivity index (χ0) is 14.3. The molecule has 3 nitrogen and oxygen atoms in total. The minimum Gasteiger partial charge on any atom is -0.457 e. The highest BCUT2D eigenvalue weighted by molar-refractivity contribution is 6.30. The number of aliphatic hydroxyl groups is 1. The molecule has 102 valence electrons. The first-order valence-corrected chi connectivity index (χ1v) is 6.71. The molecule has 1 heterocycles. The summed E-state index contributed by atoms with van der Waals surface area (Å²) in [5, 5.41) is 11.4. The third-order valence-corrected chi connectivity index (χ3v) is 3.91. The Bertz CT molecular complexity index is 666. The van der Waals surface area contributed by atoms with Gasteiger partial charge >= 0.3 is 0 Å². The standard InChI is InChI=1S/C16H13ClO3/c1-10-15(18)13-4-2-3-5-14(13)20-16(10,19)11-6-8-12(17)9-7-11/h2-10,19H,1H3/t10-,16-/m1/s1. The predicted octanol–water partition coefficient (Wildman–Crippen LogP) is 3.40.